The van der Waals surface area contributed by atoms with Gasteiger partial charge < -0.3 is 9.67 Å². The molecule has 11 heteroatoms. The molecular weight excluding hydrogens is 475 g/mol. The molecule has 6 rings (SSSR count). The molecule has 1 fully saturated rings. The second-order valence-electron chi connectivity index (χ2n) is 9.15. The van der Waals surface area contributed by atoms with Crippen LogP contribution in [0.3, 0.4) is 0 Å². The number of aryl methyl sites for hydroxylation is 1. The molecule has 0 aromatic carbocycles. The maximum Gasteiger partial charge on any atom is 0.433 e. The van der Waals surface area contributed by atoms with Crippen molar-refractivity contribution in [2.45, 2.75) is 37.5 Å². The Morgan fingerprint density at radius 2 is 1.92 bits per heavy atom. The zero-order chi connectivity index (χ0) is 25.4. The van der Waals surface area contributed by atoms with Crippen LogP contribution < -0.4 is 5.56 Å². The highest BCUT2D eigenvalue weighted by molar-refractivity contribution is 5.85. The van der Waals surface area contributed by atoms with E-state index in [1.54, 1.807) is 17.0 Å². The van der Waals surface area contributed by atoms with Gasteiger partial charge in [0.15, 0.2) is 0 Å². The summed E-state index contributed by atoms with van der Waals surface area (Å²) in [6.45, 7) is 0. The van der Waals surface area contributed by atoms with Crippen LogP contribution in [0.4, 0.5) is 18.0 Å². The molecule has 36 heavy (non-hydrogen) atoms. The Morgan fingerprint density at radius 1 is 1.11 bits per heavy atom. The molecule has 1 saturated heterocycles. The predicted octanol–water partition coefficient (Wildman–Crippen LogP) is 4.54. The van der Waals surface area contributed by atoms with Gasteiger partial charge in [0.1, 0.15) is 17.2 Å². The zero-order valence-electron chi connectivity index (χ0n) is 19.0. The minimum absolute atomic E-state index is 0.0441. The minimum Gasteiger partial charge on any atom is -0.465 e. The molecule has 0 spiro atoms. The second-order valence-corrected chi connectivity index (χ2v) is 9.15. The molecule has 6 heterocycles. The smallest absolute Gasteiger partial charge is 0.433 e. The van der Waals surface area contributed by atoms with Crippen LogP contribution in [-0.4, -0.2) is 41.2 Å². The Bertz CT molecular complexity index is 1590. The quantitative estimate of drug-likeness (QED) is 0.441. The van der Waals surface area contributed by atoms with Gasteiger partial charge in [-0.15, -0.1) is 0 Å². The first kappa shape index (κ1) is 22.3. The van der Waals surface area contributed by atoms with Crippen LogP contribution in [0.2, 0.25) is 0 Å². The molecule has 184 valence electrons. The molecule has 8 nitrogen and oxygen atoms in total. The number of fused-ring (bicyclic) bond motifs is 6. The highest BCUT2D eigenvalue weighted by Gasteiger charge is 2.45. The number of carbonyl (C=O) groups is 1. The van der Waals surface area contributed by atoms with Crippen LogP contribution in [0.15, 0.2) is 53.6 Å². The van der Waals surface area contributed by atoms with E-state index >= 15 is 0 Å². The summed E-state index contributed by atoms with van der Waals surface area (Å²) >= 11 is 0. The van der Waals surface area contributed by atoms with Crippen LogP contribution in [0.25, 0.3) is 28.0 Å². The number of pyridine rings is 3. The Hall–Kier alpha value is -4.15. The van der Waals surface area contributed by atoms with E-state index in [0.717, 1.165) is 41.7 Å². The highest BCUT2D eigenvalue weighted by atomic mass is 19.4. The summed E-state index contributed by atoms with van der Waals surface area (Å²) in [5, 5.41) is 10.6. The van der Waals surface area contributed by atoms with Crippen molar-refractivity contribution in [3.63, 3.8) is 0 Å². The van der Waals surface area contributed by atoms with Crippen LogP contribution in [0, 0.1) is 0 Å². The topological polar surface area (TPSA) is 93.3 Å². The first-order chi connectivity index (χ1) is 17.1. The molecule has 1 amide bonds. The fourth-order valence-electron chi connectivity index (χ4n) is 5.58. The number of nitrogens with zero attached hydrogens (tertiary/aromatic N) is 5. The van der Waals surface area contributed by atoms with Crippen molar-refractivity contribution < 1.29 is 23.1 Å². The van der Waals surface area contributed by atoms with Crippen molar-refractivity contribution in [1.82, 2.24) is 24.0 Å². The molecule has 4 aromatic rings. The Morgan fingerprint density at radius 3 is 2.58 bits per heavy atom. The van der Waals surface area contributed by atoms with E-state index in [-0.39, 0.29) is 12.1 Å². The highest BCUT2D eigenvalue weighted by Crippen LogP contribution is 2.47. The molecule has 0 radical (unpaired) electrons. The number of alkyl halides is 3. The van der Waals surface area contributed by atoms with Gasteiger partial charge in [-0.05, 0) is 42.7 Å². The van der Waals surface area contributed by atoms with Crippen molar-refractivity contribution in [1.29, 1.82) is 0 Å². The summed E-state index contributed by atoms with van der Waals surface area (Å²) in [5.41, 5.74) is 2.16. The number of amides is 1. The molecule has 1 N–H and O–H groups in total. The lowest BCUT2D eigenvalue weighted by Gasteiger charge is -2.33. The standard InChI is InChI=1S/C25H20F3N5O3/c1-31-18-11-15-3-5-17(33(15)24(35)36)22(18)16-4-7-20(30-23(16)31)32-9-8-13(10-21(32)34)14-2-6-19(29-12-14)25(26,27)28/h2,4,6-10,12,15,17H,3,5,11H2,1H3,(H,35,36). The van der Waals surface area contributed by atoms with Gasteiger partial charge in [0.05, 0.1) is 6.04 Å². The summed E-state index contributed by atoms with van der Waals surface area (Å²) in [7, 11) is 1.90. The largest absolute Gasteiger partial charge is 0.465 e. The number of halogens is 3. The van der Waals surface area contributed by atoms with E-state index in [4.69, 9.17) is 4.98 Å². The van der Waals surface area contributed by atoms with Crippen LogP contribution in [0.1, 0.15) is 35.8 Å². The van der Waals surface area contributed by atoms with Gasteiger partial charge in [-0.25, -0.2) is 9.78 Å². The van der Waals surface area contributed by atoms with Gasteiger partial charge in [0, 0.05) is 60.2 Å². The second kappa shape index (κ2) is 7.67. The summed E-state index contributed by atoms with van der Waals surface area (Å²) in [6.07, 6.45) is -0.608. The average molecular weight is 495 g/mol. The lowest BCUT2D eigenvalue weighted by molar-refractivity contribution is -0.141. The van der Waals surface area contributed by atoms with Gasteiger partial charge >= 0.3 is 12.3 Å². The van der Waals surface area contributed by atoms with Crippen molar-refractivity contribution in [2.75, 3.05) is 0 Å². The monoisotopic (exact) mass is 495 g/mol. The van der Waals surface area contributed by atoms with Crippen molar-refractivity contribution >= 4 is 17.1 Å². The fraction of sp³-hybridized carbons (Fsp3) is 0.280. The average Bonchev–Trinajstić information content (AvgIpc) is 3.31. The maximum atomic E-state index is 12.9. The van der Waals surface area contributed by atoms with E-state index in [1.807, 2.05) is 17.7 Å². The predicted molar refractivity (Wildman–Crippen MR) is 124 cm³/mol. The molecular formula is C25H20F3N5O3. The summed E-state index contributed by atoms with van der Waals surface area (Å²) in [5.74, 6) is 0.391. The zero-order valence-corrected chi connectivity index (χ0v) is 19.0. The molecule has 2 atom stereocenters. The van der Waals surface area contributed by atoms with Crippen LogP contribution >= 0.6 is 0 Å². The number of aromatic nitrogens is 4. The minimum atomic E-state index is -4.53. The SMILES string of the molecule is Cn1c2c(c3ccc(-n4ccc(-c5ccc(C(F)(F)F)nc5)cc4=O)nc31)C1CCC(C2)N1C(=O)O. The fourth-order valence-corrected chi connectivity index (χ4v) is 5.58. The molecule has 4 aromatic heterocycles. The van der Waals surface area contributed by atoms with Crippen LogP contribution in [0.5, 0.6) is 0 Å². The number of hydrogen-bond acceptors (Lipinski definition) is 4. The third-order valence-corrected chi connectivity index (χ3v) is 7.22. The molecule has 0 aliphatic carbocycles. The normalized spacial score (nSPS) is 19.1. The van der Waals surface area contributed by atoms with Gasteiger partial charge in [0.25, 0.3) is 5.56 Å². The lowest BCUT2D eigenvalue weighted by Crippen LogP contribution is -2.41. The van der Waals surface area contributed by atoms with Gasteiger partial charge in [0.2, 0.25) is 0 Å². The first-order valence-electron chi connectivity index (χ1n) is 11.4. The third-order valence-electron chi connectivity index (χ3n) is 7.22. The molecule has 0 saturated carbocycles. The maximum absolute atomic E-state index is 12.9. The van der Waals surface area contributed by atoms with E-state index in [0.29, 0.717) is 29.0 Å². The van der Waals surface area contributed by atoms with Crippen molar-refractivity contribution in [3.8, 4) is 16.9 Å². The summed E-state index contributed by atoms with van der Waals surface area (Å²) in [4.78, 5) is 34.5. The first-order valence-corrected chi connectivity index (χ1v) is 11.4. The molecule has 2 aliphatic rings. The van der Waals surface area contributed by atoms with Crippen LogP contribution in [-0.2, 0) is 19.6 Å². The van der Waals surface area contributed by atoms with Gasteiger partial charge in [-0.2, -0.15) is 13.2 Å². The van der Waals surface area contributed by atoms with Gasteiger partial charge in [-0.1, -0.05) is 6.07 Å². The number of hydrogen-bond donors (Lipinski definition) is 1. The lowest BCUT2D eigenvalue weighted by atomic mass is 9.98. The Labute approximate surface area is 202 Å². The van der Waals surface area contributed by atoms with E-state index < -0.39 is 23.5 Å². The van der Waals surface area contributed by atoms with Crippen molar-refractivity contribution in [2.24, 2.45) is 7.05 Å². The van der Waals surface area contributed by atoms with E-state index in [2.05, 4.69) is 4.98 Å². The van der Waals surface area contributed by atoms with Gasteiger partial charge in [-0.3, -0.25) is 19.2 Å². The molecule has 2 bridgehead atoms. The van der Waals surface area contributed by atoms with E-state index in [9.17, 15) is 27.9 Å². The third kappa shape index (κ3) is 3.29. The number of rotatable bonds is 2. The molecule has 2 aliphatic heterocycles. The molecule has 2 unspecified atom stereocenters. The van der Waals surface area contributed by atoms with E-state index in [1.165, 1.54) is 22.9 Å². The Kier molecular flexibility index (Phi) is 4.76. The Balaban J connectivity index is 1.38. The van der Waals surface area contributed by atoms with Crippen molar-refractivity contribution in [3.05, 3.63) is 76.1 Å². The number of carboxylic acid groups (broad SMARTS) is 1. The summed E-state index contributed by atoms with van der Waals surface area (Å²) in [6, 6.07) is 8.45. The summed E-state index contributed by atoms with van der Waals surface area (Å²) < 4.78 is 41.7.